The minimum absolute atomic E-state index is 0.0229. The standard InChI is InChI=1S/C49H63N11O6/c1-28(2)42(56-49(64)65-5)46(61)58-23-9-11-39(58)44-52-33-16-13-30(25-35(33)54-44)37-18-19-38(60(37)32-15-20-41(51-27-32)57-21-7-6-8-22-57)31-14-17-34-36(26-31)55-45(53-34)40-12-10-24-59(40)47(62)43(29(3)4)66-48(50)63/h13-17,20,25-29,37-40,42-43H,6-12,18-19,21-24H2,1-5H3,(H2,50,63)(H,52,54)(H,53,55)(H,56,64)/t37-,38-,39+,40+,42+,43+/m1/s1. The summed E-state index contributed by atoms with van der Waals surface area (Å²) in [7, 11) is 1.30. The Hall–Kier alpha value is -6.39. The van der Waals surface area contributed by atoms with Gasteiger partial charge in [0.05, 0.1) is 65.2 Å². The third-order valence-electron chi connectivity index (χ3n) is 14.1. The molecule has 0 bridgehead atoms. The molecule has 0 radical (unpaired) electrons. The van der Waals surface area contributed by atoms with Crippen molar-refractivity contribution < 1.29 is 28.7 Å². The summed E-state index contributed by atoms with van der Waals surface area (Å²) >= 11 is 0. The van der Waals surface area contributed by atoms with E-state index < -0.39 is 24.3 Å². The van der Waals surface area contributed by atoms with E-state index in [1.807, 2.05) is 38.8 Å². The second kappa shape index (κ2) is 18.8. The fourth-order valence-corrected chi connectivity index (χ4v) is 10.8. The number of nitrogens with one attached hydrogen (secondary N) is 3. The van der Waals surface area contributed by atoms with Crippen molar-refractivity contribution in [3.05, 3.63) is 77.5 Å². The average molecular weight is 902 g/mol. The molecule has 9 rings (SSSR count). The minimum Gasteiger partial charge on any atom is -0.453 e. The van der Waals surface area contributed by atoms with Gasteiger partial charge in [-0.1, -0.05) is 39.8 Å². The number of alkyl carbamates (subject to hydrolysis) is 1. The van der Waals surface area contributed by atoms with E-state index in [4.69, 9.17) is 30.2 Å². The van der Waals surface area contributed by atoms with Crippen LogP contribution < -0.4 is 20.9 Å². The zero-order chi connectivity index (χ0) is 46.2. The molecule has 4 saturated heterocycles. The number of ether oxygens (including phenoxy) is 2. The molecule has 0 spiro atoms. The van der Waals surface area contributed by atoms with E-state index in [1.165, 1.54) is 26.4 Å². The molecule has 5 N–H and O–H groups in total. The highest BCUT2D eigenvalue weighted by molar-refractivity contribution is 5.87. The van der Waals surface area contributed by atoms with Crippen molar-refractivity contribution >= 4 is 57.6 Å². The molecule has 4 aliphatic heterocycles. The maximum Gasteiger partial charge on any atom is 0.407 e. The van der Waals surface area contributed by atoms with Crippen LogP contribution in [0.3, 0.4) is 0 Å². The first-order valence-electron chi connectivity index (χ1n) is 23.8. The van der Waals surface area contributed by atoms with Crippen molar-refractivity contribution in [3.8, 4) is 0 Å². The van der Waals surface area contributed by atoms with Gasteiger partial charge in [0.15, 0.2) is 6.10 Å². The van der Waals surface area contributed by atoms with Gasteiger partial charge in [0.1, 0.15) is 23.5 Å². The van der Waals surface area contributed by atoms with E-state index in [2.05, 4.69) is 73.6 Å². The zero-order valence-corrected chi connectivity index (χ0v) is 38.7. The van der Waals surface area contributed by atoms with Crippen LogP contribution in [0.4, 0.5) is 21.1 Å². The largest absolute Gasteiger partial charge is 0.453 e. The average Bonchev–Trinajstić information content (AvgIpc) is 4.18. The molecule has 5 aromatic rings. The van der Waals surface area contributed by atoms with Crippen LogP contribution in [0, 0.1) is 11.8 Å². The van der Waals surface area contributed by atoms with Gasteiger partial charge in [-0.15, -0.1) is 0 Å². The Labute approximate surface area is 385 Å². The second-order valence-electron chi connectivity index (χ2n) is 19.1. The van der Waals surface area contributed by atoms with Gasteiger partial charge in [0.2, 0.25) is 5.91 Å². The smallest absolute Gasteiger partial charge is 0.407 e. The summed E-state index contributed by atoms with van der Waals surface area (Å²) in [6.45, 7) is 10.7. The molecule has 0 saturated carbocycles. The molecule has 17 heteroatoms. The second-order valence-corrected chi connectivity index (χ2v) is 19.1. The first-order chi connectivity index (χ1) is 31.9. The van der Waals surface area contributed by atoms with Gasteiger partial charge in [-0.3, -0.25) is 9.59 Å². The summed E-state index contributed by atoms with van der Waals surface area (Å²) in [4.78, 5) is 82.3. The van der Waals surface area contributed by atoms with Gasteiger partial charge >= 0.3 is 12.2 Å². The number of aromatic nitrogens is 5. The van der Waals surface area contributed by atoms with E-state index >= 15 is 0 Å². The van der Waals surface area contributed by atoms with Gasteiger partial charge in [0, 0.05) is 26.2 Å². The first-order valence-corrected chi connectivity index (χ1v) is 23.8. The van der Waals surface area contributed by atoms with Crippen LogP contribution in [0.15, 0.2) is 54.7 Å². The SMILES string of the molecule is COC(=O)N[C@H](C(=O)N1CCC[C@H]1c1nc2ccc([C@H]3CC[C@H](c4ccc5nc([C@@H]6CCCN6C(=O)[C@@H](OC(N)=O)C(C)C)[nH]c5c4)N3c3ccc(N4CCCCC4)nc3)cc2[nH]1)C(C)C. The summed E-state index contributed by atoms with van der Waals surface area (Å²) in [6.07, 6.45) is 8.02. The van der Waals surface area contributed by atoms with Gasteiger partial charge in [0.25, 0.3) is 5.91 Å². The summed E-state index contributed by atoms with van der Waals surface area (Å²) in [5.41, 5.74) is 12.1. The molecule has 7 heterocycles. The van der Waals surface area contributed by atoms with Crippen molar-refractivity contribution in [2.75, 3.05) is 43.1 Å². The number of likely N-dealkylation sites (tertiary alicyclic amines) is 2. The number of methoxy groups -OCH3 is 1. The fourth-order valence-electron chi connectivity index (χ4n) is 10.8. The highest BCUT2D eigenvalue weighted by atomic mass is 16.6. The van der Waals surface area contributed by atoms with Crippen LogP contribution in [0.25, 0.3) is 22.1 Å². The quantitative estimate of drug-likeness (QED) is 0.0953. The van der Waals surface area contributed by atoms with Crippen molar-refractivity contribution in [1.29, 1.82) is 0 Å². The number of hydrogen-bond donors (Lipinski definition) is 4. The number of aromatic amines is 2. The van der Waals surface area contributed by atoms with Crippen molar-refractivity contribution in [2.24, 2.45) is 17.6 Å². The number of benzene rings is 2. The van der Waals surface area contributed by atoms with E-state index in [1.54, 1.807) is 4.90 Å². The molecule has 4 fully saturated rings. The molecule has 4 amide bonds. The van der Waals surface area contributed by atoms with E-state index in [0.717, 1.165) is 102 Å². The summed E-state index contributed by atoms with van der Waals surface area (Å²) < 4.78 is 10.1. The predicted molar refractivity (Wildman–Crippen MR) is 251 cm³/mol. The molecule has 66 heavy (non-hydrogen) atoms. The van der Waals surface area contributed by atoms with Crippen molar-refractivity contribution in [2.45, 2.75) is 122 Å². The van der Waals surface area contributed by atoms with Gasteiger partial charge in [-0.05, 0) is 117 Å². The van der Waals surface area contributed by atoms with Crippen LogP contribution >= 0.6 is 0 Å². The minimum atomic E-state index is -0.964. The summed E-state index contributed by atoms with van der Waals surface area (Å²) in [5, 5.41) is 2.74. The van der Waals surface area contributed by atoms with Gasteiger partial charge in [-0.25, -0.2) is 24.5 Å². The summed E-state index contributed by atoms with van der Waals surface area (Å²) in [6, 6.07) is 16.1. The molecule has 0 unspecified atom stereocenters. The number of fused-ring (bicyclic) bond motifs is 2. The van der Waals surface area contributed by atoms with Gasteiger partial charge in [-0.2, -0.15) is 0 Å². The maximum absolute atomic E-state index is 13.9. The lowest BCUT2D eigenvalue weighted by Crippen LogP contribution is -2.51. The number of rotatable bonds is 12. The molecule has 2 aromatic carbocycles. The van der Waals surface area contributed by atoms with Crippen LogP contribution in [-0.4, -0.2) is 104 Å². The Kier molecular flexibility index (Phi) is 12.8. The zero-order valence-electron chi connectivity index (χ0n) is 38.7. The third kappa shape index (κ3) is 8.83. The number of imidazole rings is 2. The number of anilines is 2. The highest BCUT2D eigenvalue weighted by Crippen LogP contribution is 2.48. The third-order valence-corrected chi connectivity index (χ3v) is 14.1. The number of pyridine rings is 1. The Balaban J connectivity index is 1.01. The molecule has 4 aliphatic rings. The predicted octanol–water partition coefficient (Wildman–Crippen LogP) is 7.73. The maximum atomic E-state index is 13.9. The van der Waals surface area contributed by atoms with Gasteiger partial charge < -0.3 is 50.1 Å². The fraction of sp³-hybridized carbons (Fsp3) is 0.531. The number of nitrogens with two attached hydrogens (primary N) is 1. The molecular formula is C49H63N11O6. The number of hydrogen-bond acceptors (Lipinski definition) is 11. The highest BCUT2D eigenvalue weighted by Gasteiger charge is 2.41. The number of amides is 4. The van der Waals surface area contributed by atoms with Crippen LogP contribution in [0.1, 0.15) is 132 Å². The van der Waals surface area contributed by atoms with Crippen LogP contribution in [0.2, 0.25) is 0 Å². The lowest BCUT2D eigenvalue weighted by atomic mass is 10.0. The van der Waals surface area contributed by atoms with E-state index in [9.17, 15) is 19.2 Å². The van der Waals surface area contributed by atoms with Crippen LogP contribution in [-0.2, 0) is 19.1 Å². The lowest BCUT2D eigenvalue weighted by molar-refractivity contribution is -0.143. The Morgan fingerprint density at radius 2 is 1.27 bits per heavy atom. The van der Waals surface area contributed by atoms with Crippen molar-refractivity contribution in [3.63, 3.8) is 0 Å². The molecule has 3 aromatic heterocycles. The summed E-state index contributed by atoms with van der Waals surface area (Å²) in [5.74, 6) is 1.69. The molecule has 17 nitrogen and oxygen atoms in total. The lowest BCUT2D eigenvalue weighted by Gasteiger charge is -2.34. The molecule has 6 atom stereocenters. The Bertz CT molecular complexity index is 2570. The van der Waals surface area contributed by atoms with E-state index in [0.29, 0.717) is 18.9 Å². The number of primary amides is 1. The topological polar surface area (TPSA) is 208 Å². The number of carbonyl (C=O) groups is 4. The van der Waals surface area contributed by atoms with Crippen LogP contribution in [0.5, 0.6) is 0 Å². The number of H-pyrrole nitrogens is 2. The molecular weight excluding hydrogens is 839 g/mol. The Morgan fingerprint density at radius 3 is 1.77 bits per heavy atom. The normalized spacial score (nSPS) is 22.2. The number of piperidine rings is 1. The molecule has 0 aliphatic carbocycles. The monoisotopic (exact) mass is 901 g/mol. The number of nitrogens with zero attached hydrogens (tertiary/aromatic N) is 7. The number of carbonyl (C=O) groups excluding carboxylic acids is 4. The van der Waals surface area contributed by atoms with E-state index in [-0.39, 0.29) is 47.8 Å². The first kappa shape index (κ1) is 44.8. The molecule has 350 valence electrons. The Morgan fingerprint density at radius 1 is 0.697 bits per heavy atom. The van der Waals surface area contributed by atoms with Crippen molar-refractivity contribution in [1.82, 2.24) is 40.0 Å².